The van der Waals surface area contributed by atoms with Gasteiger partial charge in [0.25, 0.3) is 10.1 Å². The number of nitrogens with zero attached hydrogens (tertiary/aromatic N) is 2. The van der Waals surface area contributed by atoms with E-state index < -0.39 is 14.9 Å². The quantitative estimate of drug-likeness (QED) is 0.626. The highest BCUT2D eigenvalue weighted by Crippen LogP contribution is 2.58. The number of imidazole rings is 1. The predicted molar refractivity (Wildman–Crippen MR) is 96.5 cm³/mol. The van der Waals surface area contributed by atoms with Gasteiger partial charge in [0, 0.05) is 0 Å². The van der Waals surface area contributed by atoms with Gasteiger partial charge in [0.1, 0.15) is 0 Å². The number of hydrogen-bond donors (Lipinski definition) is 1. The first kappa shape index (κ1) is 17.0. The molecule has 4 saturated carbocycles. The minimum absolute atomic E-state index is 0.572. The van der Waals surface area contributed by atoms with Crippen molar-refractivity contribution in [3.05, 3.63) is 30.6 Å². The van der Waals surface area contributed by atoms with Gasteiger partial charge < -0.3 is 0 Å². The van der Waals surface area contributed by atoms with Crippen LogP contribution in [0.3, 0.4) is 0 Å². The highest BCUT2D eigenvalue weighted by atomic mass is 32.2. The third-order valence-corrected chi connectivity index (χ3v) is 8.11. The molecule has 0 radical (unpaired) electrons. The van der Waals surface area contributed by atoms with Crippen molar-refractivity contribution in [2.75, 3.05) is 0 Å². The van der Waals surface area contributed by atoms with E-state index in [1.807, 2.05) is 0 Å². The third-order valence-electron chi connectivity index (χ3n) is 6.52. The largest absolute Gasteiger partial charge is 0.285 e. The summed E-state index contributed by atoms with van der Waals surface area (Å²) in [5.74, 6) is 1.72. The van der Waals surface area contributed by atoms with Crippen LogP contribution in [0.5, 0.6) is 0 Å². The van der Waals surface area contributed by atoms with Crippen molar-refractivity contribution in [2.24, 2.45) is 31.8 Å². The SMILES string of the molecule is Cn1c[n+](C)c2ccccc21.O=S(=O)(O)C12CC3CC(CC(C3)C1)C2. The second-order valence-electron chi connectivity index (χ2n) is 8.40. The van der Waals surface area contributed by atoms with Gasteiger partial charge in [0.15, 0.2) is 11.0 Å². The van der Waals surface area contributed by atoms with E-state index in [-0.39, 0.29) is 0 Å². The molecule has 0 amide bonds. The van der Waals surface area contributed by atoms with Crippen molar-refractivity contribution in [1.29, 1.82) is 0 Å². The van der Waals surface area contributed by atoms with E-state index >= 15 is 0 Å². The van der Waals surface area contributed by atoms with Crippen LogP contribution in [0.1, 0.15) is 38.5 Å². The van der Waals surface area contributed by atoms with Crippen molar-refractivity contribution in [1.82, 2.24) is 4.57 Å². The molecule has 6 heteroatoms. The Bertz CT molecular complexity index is 829. The van der Waals surface area contributed by atoms with E-state index in [2.05, 4.69) is 53.8 Å². The smallest absolute Gasteiger partial charge is 0.270 e. The zero-order valence-electron chi connectivity index (χ0n) is 14.9. The van der Waals surface area contributed by atoms with Crippen LogP contribution in [0.4, 0.5) is 0 Å². The summed E-state index contributed by atoms with van der Waals surface area (Å²) in [6.07, 6.45) is 7.84. The van der Waals surface area contributed by atoms with Gasteiger partial charge in [-0.05, 0) is 68.4 Å². The van der Waals surface area contributed by atoms with Gasteiger partial charge in [0.2, 0.25) is 6.33 Å². The minimum Gasteiger partial charge on any atom is -0.285 e. The van der Waals surface area contributed by atoms with Gasteiger partial charge in [0.05, 0.1) is 18.8 Å². The van der Waals surface area contributed by atoms with E-state index in [1.54, 1.807) is 0 Å². The predicted octanol–water partition coefficient (Wildman–Crippen LogP) is 2.85. The average Bonchev–Trinajstić information content (AvgIpc) is 2.81. The van der Waals surface area contributed by atoms with Crippen LogP contribution >= 0.6 is 0 Å². The Morgan fingerprint density at radius 2 is 1.60 bits per heavy atom. The van der Waals surface area contributed by atoms with Crippen molar-refractivity contribution < 1.29 is 17.5 Å². The minimum atomic E-state index is -3.82. The van der Waals surface area contributed by atoms with Crippen LogP contribution in [0, 0.1) is 17.8 Å². The molecule has 136 valence electrons. The summed E-state index contributed by atoms with van der Waals surface area (Å²) in [5, 5.41) is 0. The maximum Gasteiger partial charge on any atom is 0.270 e. The number of hydrogen-bond acceptors (Lipinski definition) is 2. The Kier molecular flexibility index (Phi) is 3.96. The molecule has 4 aliphatic carbocycles. The topological polar surface area (TPSA) is 63.2 Å². The Labute approximate surface area is 149 Å². The zero-order chi connectivity index (χ0) is 17.8. The van der Waals surface area contributed by atoms with Crippen LogP contribution in [0.25, 0.3) is 11.0 Å². The van der Waals surface area contributed by atoms with Crippen LogP contribution < -0.4 is 4.57 Å². The number of para-hydroxylation sites is 2. The van der Waals surface area contributed by atoms with E-state index in [4.69, 9.17) is 0 Å². The van der Waals surface area contributed by atoms with Crippen molar-refractivity contribution >= 4 is 21.2 Å². The molecule has 5 nitrogen and oxygen atoms in total. The number of aryl methyl sites for hydroxylation is 2. The third kappa shape index (κ3) is 2.89. The standard InChI is InChI=1S/C10H16O3S.C9H11N2/c11-14(12,13)10-4-7-1-8(5-10)3-9(2-7)6-10;1-10-7-11(2)9-6-4-3-5-8(9)10/h7-9H,1-6H2,(H,11,12,13);3-7H,1-2H3/q;+1. The Morgan fingerprint density at radius 1 is 1.08 bits per heavy atom. The van der Waals surface area contributed by atoms with Crippen molar-refractivity contribution in [3.63, 3.8) is 0 Å². The summed E-state index contributed by atoms with van der Waals surface area (Å²) in [6, 6.07) is 8.36. The average molecular weight is 364 g/mol. The summed E-state index contributed by atoms with van der Waals surface area (Å²) in [4.78, 5) is 0. The lowest BCUT2D eigenvalue weighted by Gasteiger charge is -2.54. The van der Waals surface area contributed by atoms with E-state index in [9.17, 15) is 13.0 Å². The molecular weight excluding hydrogens is 336 g/mol. The number of aromatic nitrogens is 2. The van der Waals surface area contributed by atoms with Crippen LogP contribution in [0.2, 0.25) is 0 Å². The number of fused-ring (bicyclic) bond motifs is 1. The van der Waals surface area contributed by atoms with Gasteiger partial charge in [-0.2, -0.15) is 8.42 Å². The first-order valence-electron chi connectivity index (χ1n) is 9.14. The molecule has 2 aromatic rings. The van der Waals surface area contributed by atoms with E-state index in [0.29, 0.717) is 17.8 Å². The second kappa shape index (κ2) is 5.81. The first-order valence-corrected chi connectivity index (χ1v) is 10.6. The molecule has 0 aliphatic heterocycles. The monoisotopic (exact) mass is 363 g/mol. The number of rotatable bonds is 1. The summed E-state index contributed by atoms with van der Waals surface area (Å²) in [7, 11) is 0.294. The fourth-order valence-corrected chi connectivity index (χ4v) is 7.13. The van der Waals surface area contributed by atoms with Gasteiger partial charge in [-0.1, -0.05) is 12.1 Å². The maximum atomic E-state index is 11.4. The highest BCUT2D eigenvalue weighted by molar-refractivity contribution is 7.87. The van der Waals surface area contributed by atoms with Crippen molar-refractivity contribution in [2.45, 2.75) is 43.3 Å². The van der Waals surface area contributed by atoms with Gasteiger partial charge in [-0.3, -0.25) is 4.55 Å². The van der Waals surface area contributed by atoms with E-state index in [0.717, 1.165) is 19.3 Å². The molecule has 1 aromatic carbocycles. The Hall–Kier alpha value is -1.40. The molecule has 1 heterocycles. The molecule has 1 aromatic heterocycles. The summed E-state index contributed by atoms with van der Waals surface area (Å²) in [6.45, 7) is 0. The van der Waals surface area contributed by atoms with Crippen LogP contribution in [-0.2, 0) is 24.2 Å². The summed E-state index contributed by atoms with van der Waals surface area (Å²) < 4.78 is 35.7. The maximum absolute atomic E-state index is 11.4. The number of benzene rings is 1. The molecule has 1 N–H and O–H groups in total. The van der Waals surface area contributed by atoms with Gasteiger partial charge in [-0.15, -0.1) is 0 Å². The lowest BCUT2D eigenvalue weighted by molar-refractivity contribution is -0.645. The van der Waals surface area contributed by atoms with Gasteiger partial charge in [-0.25, -0.2) is 9.13 Å². The second-order valence-corrected chi connectivity index (χ2v) is 10.2. The normalized spacial score (nSPS) is 33.3. The van der Waals surface area contributed by atoms with Crippen molar-refractivity contribution in [3.8, 4) is 0 Å². The fourth-order valence-electron chi connectivity index (χ4n) is 5.79. The summed E-state index contributed by atoms with van der Waals surface area (Å²) in [5.41, 5.74) is 2.55. The highest BCUT2D eigenvalue weighted by Gasteiger charge is 2.57. The lowest BCUT2D eigenvalue weighted by atomic mass is 9.56. The molecule has 0 atom stereocenters. The molecule has 6 rings (SSSR count). The molecule has 0 spiro atoms. The Balaban J connectivity index is 0.000000129. The summed E-state index contributed by atoms with van der Waals surface area (Å²) >= 11 is 0. The molecule has 4 fully saturated rings. The van der Waals surface area contributed by atoms with Crippen LogP contribution in [0.15, 0.2) is 30.6 Å². The zero-order valence-corrected chi connectivity index (χ0v) is 15.7. The fraction of sp³-hybridized carbons (Fsp3) is 0.632. The first-order chi connectivity index (χ1) is 11.8. The molecule has 0 unspecified atom stereocenters. The molecule has 4 aliphatic rings. The van der Waals surface area contributed by atoms with E-state index in [1.165, 1.54) is 30.3 Å². The van der Waals surface area contributed by atoms with Gasteiger partial charge >= 0.3 is 0 Å². The van der Waals surface area contributed by atoms with Crippen LogP contribution in [-0.4, -0.2) is 22.3 Å². The Morgan fingerprint density at radius 3 is 2.08 bits per heavy atom. The molecular formula is C19H27N2O3S+. The molecule has 4 bridgehead atoms. The molecule has 0 saturated heterocycles. The lowest BCUT2D eigenvalue weighted by Crippen LogP contribution is -2.54. The molecule has 25 heavy (non-hydrogen) atoms.